The summed E-state index contributed by atoms with van der Waals surface area (Å²) in [4.78, 5) is 25.8. The first-order valence-electron chi connectivity index (χ1n) is 9.36. The molecule has 0 unspecified atom stereocenters. The number of ether oxygens (including phenoxy) is 3. The van der Waals surface area contributed by atoms with E-state index in [4.69, 9.17) is 14.2 Å². The molecule has 2 heterocycles. The van der Waals surface area contributed by atoms with Gasteiger partial charge in [0, 0.05) is 0 Å². The Morgan fingerprint density at radius 2 is 1.79 bits per heavy atom. The molecule has 29 heavy (non-hydrogen) atoms. The summed E-state index contributed by atoms with van der Waals surface area (Å²) in [5, 5.41) is 13.5. The fourth-order valence-electron chi connectivity index (χ4n) is 3.57. The zero-order chi connectivity index (χ0) is 20.3. The van der Waals surface area contributed by atoms with Gasteiger partial charge in [0.2, 0.25) is 5.72 Å². The molecule has 2 N–H and O–H groups in total. The molecule has 2 aromatic carbocycles. The van der Waals surface area contributed by atoms with Crippen molar-refractivity contribution in [1.29, 1.82) is 0 Å². The maximum Gasteiger partial charge on any atom is 0.412 e. The van der Waals surface area contributed by atoms with Gasteiger partial charge in [0.25, 0.3) is 0 Å². The van der Waals surface area contributed by atoms with Gasteiger partial charge in [-0.3, -0.25) is 4.90 Å². The average molecular weight is 398 g/mol. The summed E-state index contributed by atoms with van der Waals surface area (Å²) in [6.07, 6.45) is -2.40. The van der Waals surface area contributed by atoms with E-state index >= 15 is 0 Å². The first-order chi connectivity index (χ1) is 14.1. The highest BCUT2D eigenvalue weighted by Crippen LogP contribution is 2.37. The standard InChI is InChI=1S/C21H22N2O6/c24-18-17(22-19(25)27-12-16-9-5-2-6-10-16)13-29-21(18)14-28-20(26)23(21)11-15-7-3-1-4-8-15/h1-10,17-18,24H,11-14H2,(H,22,25)/t17-,18+,21-/m0/s1. The van der Waals surface area contributed by atoms with Gasteiger partial charge >= 0.3 is 12.2 Å². The van der Waals surface area contributed by atoms with Gasteiger partial charge in [-0.25, -0.2) is 9.59 Å². The fraction of sp³-hybridized carbons (Fsp3) is 0.333. The molecule has 2 saturated heterocycles. The second-order valence-corrected chi connectivity index (χ2v) is 7.04. The summed E-state index contributed by atoms with van der Waals surface area (Å²) in [5.41, 5.74) is 0.385. The molecule has 152 valence electrons. The third-order valence-corrected chi connectivity index (χ3v) is 5.14. The van der Waals surface area contributed by atoms with Gasteiger partial charge in [-0.05, 0) is 11.1 Å². The summed E-state index contributed by atoms with van der Waals surface area (Å²) >= 11 is 0. The Kier molecular flexibility index (Phi) is 5.37. The zero-order valence-corrected chi connectivity index (χ0v) is 15.7. The normalized spacial score (nSPS) is 25.8. The number of cyclic esters (lactones) is 1. The summed E-state index contributed by atoms with van der Waals surface area (Å²) in [5.74, 6) is 0. The number of hydrogen-bond donors (Lipinski definition) is 2. The Hall–Kier alpha value is -3.10. The first kappa shape index (κ1) is 19.2. The van der Waals surface area contributed by atoms with Crippen molar-refractivity contribution < 1.29 is 28.9 Å². The van der Waals surface area contributed by atoms with Crippen molar-refractivity contribution in [3.05, 3.63) is 71.8 Å². The molecule has 4 rings (SSSR count). The number of carbonyl (C=O) groups is 2. The van der Waals surface area contributed by atoms with Gasteiger partial charge in [0.05, 0.1) is 19.2 Å². The van der Waals surface area contributed by atoms with E-state index in [-0.39, 0.29) is 26.4 Å². The third kappa shape index (κ3) is 3.90. The molecule has 2 fully saturated rings. The number of carbonyl (C=O) groups excluding carboxylic acids is 2. The van der Waals surface area contributed by atoms with Crippen LogP contribution in [0.15, 0.2) is 60.7 Å². The average Bonchev–Trinajstić information content (AvgIpc) is 3.23. The molecule has 2 amide bonds. The van der Waals surface area contributed by atoms with E-state index in [1.54, 1.807) is 0 Å². The highest BCUT2D eigenvalue weighted by Gasteiger charge is 2.60. The predicted octanol–water partition coefficient (Wildman–Crippen LogP) is 2.02. The molecule has 0 saturated carbocycles. The zero-order valence-electron chi connectivity index (χ0n) is 15.7. The Bertz CT molecular complexity index is 862. The number of rotatable bonds is 5. The van der Waals surface area contributed by atoms with E-state index in [2.05, 4.69) is 5.32 Å². The lowest BCUT2D eigenvalue weighted by Crippen LogP contribution is -2.57. The van der Waals surface area contributed by atoms with E-state index < -0.39 is 30.1 Å². The van der Waals surface area contributed by atoms with Crippen molar-refractivity contribution in [2.75, 3.05) is 13.2 Å². The summed E-state index contributed by atoms with van der Waals surface area (Å²) in [7, 11) is 0. The van der Waals surface area contributed by atoms with Crippen molar-refractivity contribution in [1.82, 2.24) is 10.2 Å². The lowest BCUT2D eigenvalue weighted by atomic mass is 10.0. The maximum absolute atomic E-state index is 12.3. The Morgan fingerprint density at radius 1 is 1.14 bits per heavy atom. The monoisotopic (exact) mass is 398 g/mol. The van der Waals surface area contributed by atoms with Crippen LogP contribution in [-0.4, -0.2) is 53.3 Å². The smallest absolute Gasteiger partial charge is 0.412 e. The Labute approximate surface area is 168 Å². The molecular weight excluding hydrogens is 376 g/mol. The minimum atomic E-state index is -1.34. The number of nitrogens with zero attached hydrogens (tertiary/aromatic N) is 1. The molecular formula is C21H22N2O6. The van der Waals surface area contributed by atoms with Gasteiger partial charge in [-0.2, -0.15) is 0 Å². The van der Waals surface area contributed by atoms with Gasteiger partial charge in [0.15, 0.2) is 0 Å². The van der Waals surface area contributed by atoms with E-state index in [0.29, 0.717) is 0 Å². The summed E-state index contributed by atoms with van der Waals surface area (Å²) in [6.45, 7) is 0.256. The van der Waals surface area contributed by atoms with Crippen molar-refractivity contribution >= 4 is 12.2 Å². The molecule has 2 aromatic rings. The van der Waals surface area contributed by atoms with Crippen LogP contribution in [0.1, 0.15) is 11.1 Å². The van der Waals surface area contributed by atoms with Crippen molar-refractivity contribution in [3.63, 3.8) is 0 Å². The minimum absolute atomic E-state index is 0.0313. The Balaban J connectivity index is 1.39. The van der Waals surface area contributed by atoms with Crippen molar-refractivity contribution in [3.8, 4) is 0 Å². The third-order valence-electron chi connectivity index (χ3n) is 5.14. The number of amides is 2. The molecule has 2 aliphatic rings. The van der Waals surface area contributed by atoms with Crippen LogP contribution in [0.25, 0.3) is 0 Å². The molecule has 8 nitrogen and oxygen atoms in total. The van der Waals surface area contributed by atoms with Crippen LogP contribution in [0.3, 0.4) is 0 Å². The molecule has 2 aliphatic heterocycles. The van der Waals surface area contributed by atoms with Gasteiger partial charge in [-0.1, -0.05) is 60.7 Å². The van der Waals surface area contributed by atoms with Crippen LogP contribution in [0.4, 0.5) is 9.59 Å². The number of benzene rings is 2. The van der Waals surface area contributed by atoms with Gasteiger partial charge in [0.1, 0.15) is 19.3 Å². The Morgan fingerprint density at radius 3 is 2.48 bits per heavy atom. The first-order valence-corrected chi connectivity index (χ1v) is 9.36. The lowest BCUT2D eigenvalue weighted by molar-refractivity contribution is -0.135. The topological polar surface area (TPSA) is 97.3 Å². The molecule has 3 atom stereocenters. The van der Waals surface area contributed by atoms with Crippen LogP contribution in [0.5, 0.6) is 0 Å². The van der Waals surface area contributed by atoms with Crippen LogP contribution in [-0.2, 0) is 27.4 Å². The van der Waals surface area contributed by atoms with Gasteiger partial charge in [-0.15, -0.1) is 0 Å². The van der Waals surface area contributed by atoms with E-state index in [1.165, 1.54) is 4.90 Å². The highest BCUT2D eigenvalue weighted by atomic mass is 16.6. The molecule has 0 radical (unpaired) electrons. The van der Waals surface area contributed by atoms with E-state index in [1.807, 2.05) is 60.7 Å². The largest absolute Gasteiger partial charge is 0.445 e. The van der Waals surface area contributed by atoms with Crippen LogP contribution < -0.4 is 5.32 Å². The predicted molar refractivity (Wildman–Crippen MR) is 102 cm³/mol. The number of aliphatic hydroxyl groups excluding tert-OH is 1. The highest BCUT2D eigenvalue weighted by molar-refractivity contribution is 5.71. The van der Waals surface area contributed by atoms with E-state index in [9.17, 15) is 14.7 Å². The van der Waals surface area contributed by atoms with Crippen LogP contribution in [0, 0.1) is 0 Å². The SMILES string of the molecule is O=C(N[C@H]1CO[C@@]2(COC(=O)N2Cc2ccccc2)[C@@H]1O)OCc1ccccc1. The molecule has 8 heteroatoms. The summed E-state index contributed by atoms with van der Waals surface area (Å²) < 4.78 is 16.2. The van der Waals surface area contributed by atoms with Crippen LogP contribution >= 0.6 is 0 Å². The van der Waals surface area contributed by atoms with Crippen molar-refractivity contribution in [2.24, 2.45) is 0 Å². The van der Waals surface area contributed by atoms with Gasteiger partial charge < -0.3 is 24.6 Å². The number of hydrogen-bond acceptors (Lipinski definition) is 6. The number of nitrogens with one attached hydrogen (secondary N) is 1. The molecule has 0 bridgehead atoms. The minimum Gasteiger partial charge on any atom is -0.445 e. The molecule has 1 spiro atoms. The lowest BCUT2D eigenvalue weighted by Gasteiger charge is -2.34. The maximum atomic E-state index is 12.3. The number of aliphatic hydroxyl groups is 1. The molecule has 0 aromatic heterocycles. The summed E-state index contributed by atoms with van der Waals surface area (Å²) in [6, 6.07) is 17.9. The second kappa shape index (κ2) is 8.10. The molecule has 0 aliphatic carbocycles. The number of alkyl carbamates (subject to hydrolysis) is 1. The van der Waals surface area contributed by atoms with Crippen molar-refractivity contribution in [2.45, 2.75) is 31.0 Å². The fourth-order valence-corrected chi connectivity index (χ4v) is 3.57. The van der Waals surface area contributed by atoms with E-state index in [0.717, 1.165) is 11.1 Å². The van der Waals surface area contributed by atoms with Crippen LogP contribution in [0.2, 0.25) is 0 Å². The quantitative estimate of drug-likeness (QED) is 0.800. The second-order valence-electron chi connectivity index (χ2n) is 7.04.